The van der Waals surface area contributed by atoms with Crippen LogP contribution in [0.5, 0.6) is 11.6 Å². The molecule has 0 saturated carbocycles. The molecule has 0 saturated heterocycles. The van der Waals surface area contributed by atoms with E-state index in [2.05, 4.69) is 32.6 Å². The highest BCUT2D eigenvalue weighted by atomic mass is 16.5. The second kappa shape index (κ2) is 15.0. The van der Waals surface area contributed by atoms with Gasteiger partial charge in [0.2, 0.25) is 5.88 Å². The fraction of sp³-hybridized carbons (Fsp3) is 0.478. The monoisotopic (exact) mass is 429 g/mol. The van der Waals surface area contributed by atoms with Crippen molar-refractivity contribution >= 4 is 5.96 Å². The van der Waals surface area contributed by atoms with E-state index in [-0.39, 0.29) is 0 Å². The highest BCUT2D eigenvalue weighted by molar-refractivity contribution is 5.79. The maximum absolute atomic E-state index is 5.64. The summed E-state index contributed by atoms with van der Waals surface area (Å²) in [5, 5.41) is 6.63. The summed E-state index contributed by atoms with van der Waals surface area (Å²) in [6.07, 6.45) is 2.84. The lowest BCUT2D eigenvalue weighted by atomic mass is 10.3. The van der Waals surface area contributed by atoms with E-state index in [4.69, 9.17) is 14.2 Å². The molecule has 1 heterocycles. The molecule has 0 aliphatic heterocycles. The SMILES string of the molecule is CN=C(NCCN(C)CCCOC)NCc1ccc(OCCOc2ccccc2)nc1. The highest BCUT2D eigenvalue weighted by Gasteiger charge is 2.02. The van der Waals surface area contributed by atoms with Gasteiger partial charge >= 0.3 is 0 Å². The number of nitrogens with one attached hydrogen (secondary N) is 2. The van der Waals surface area contributed by atoms with E-state index in [1.165, 1.54) is 0 Å². The van der Waals surface area contributed by atoms with E-state index in [0.29, 0.717) is 25.6 Å². The predicted molar refractivity (Wildman–Crippen MR) is 124 cm³/mol. The third-order valence-electron chi connectivity index (χ3n) is 4.50. The van der Waals surface area contributed by atoms with Crippen LogP contribution < -0.4 is 20.1 Å². The summed E-state index contributed by atoms with van der Waals surface area (Å²) in [5.74, 6) is 2.18. The van der Waals surface area contributed by atoms with Gasteiger partial charge in [-0.2, -0.15) is 0 Å². The quantitative estimate of drug-likeness (QED) is 0.271. The van der Waals surface area contributed by atoms with Crippen molar-refractivity contribution in [1.82, 2.24) is 20.5 Å². The average molecular weight is 430 g/mol. The van der Waals surface area contributed by atoms with Gasteiger partial charge in [0.25, 0.3) is 0 Å². The molecule has 2 N–H and O–H groups in total. The number of benzene rings is 1. The maximum atomic E-state index is 5.64. The number of likely N-dealkylation sites (N-methyl/N-ethyl adjacent to an activating group) is 1. The van der Waals surface area contributed by atoms with E-state index < -0.39 is 0 Å². The molecular formula is C23H35N5O3. The van der Waals surface area contributed by atoms with Crippen molar-refractivity contribution in [3.8, 4) is 11.6 Å². The largest absolute Gasteiger partial charge is 0.490 e. The Morgan fingerprint density at radius 3 is 2.52 bits per heavy atom. The zero-order valence-corrected chi connectivity index (χ0v) is 18.8. The van der Waals surface area contributed by atoms with Crippen LogP contribution in [0.4, 0.5) is 0 Å². The number of aliphatic imine (C=N–C) groups is 1. The van der Waals surface area contributed by atoms with Crippen molar-refractivity contribution in [3.63, 3.8) is 0 Å². The molecule has 1 aromatic heterocycles. The first-order valence-corrected chi connectivity index (χ1v) is 10.6. The first kappa shape index (κ1) is 24.4. The molecule has 31 heavy (non-hydrogen) atoms. The number of para-hydroxylation sites is 1. The molecule has 0 aliphatic carbocycles. The van der Waals surface area contributed by atoms with Gasteiger partial charge in [-0.25, -0.2) is 4.98 Å². The standard InChI is InChI=1S/C23H35N5O3/c1-24-23(25-12-14-28(2)13-7-15-29-3)27-19-20-10-11-22(26-18-20)31-17-16-30-21-8-5-4-6-9-21/h4-6,8-11,18H,7,12-17,19H2,1-3H3,(H2,24,25,27). The van der Waals surface area contributed by atoms with Gasteiger partial charge in [-0.3, -0.25) is 4.99 Å². The van der Waals surface area contributed by atoms with E-state index in [0.717, 1.165) is 49.9 Å². The van der Waals surface area contributed by atoms with Gasteiger partial charge in [0.15, 0.2) is 5.96 Å². The van der Waals surface area contributed by atoms with Gasteiger partial charge in [-0.05, 0) is 31.2 Å². The molecule has 0 unspecified atom stereocenters. The average Bonchev–Trinajstić information content (AvgIpc) is 2.80. The van der Waals surface area contributed by atoms with Crippen LogP contribution in [0, 0.1) is 0 Å². The molecule has 0 bridgehead atoms. The smallest absolute Gasteiger partial charge is 0.213 e. The lowest BCUT2D eigenvalue weighted by molar-refractivity contribution is 0.180. The zero-order chi connectivity index (χ0) is 22.2. The summed E-state index contributed by atoms with van der Waals surface area (Å²) in [6, 6.07) is 13.5. The minimum atomic E-state index is 0.440. The van der Waals surface area contributed by atoms with Crippen molar-refractivity contribution in [2.45, 2.75) is 13.0 Å². The van der Waals surface area contributed by atoms with E-state index in [9.17, 15) is 0 Å². The number of hydrogen-bond acceptors (Lipinski definition) is 6. The second-order valence-corrected chi connectivity index (χ2v) is 7.02. The minimum Gasteiger partial charge on any atom is -0.490 e. The molecule has 8 heteroatoms. The number of ether oxygens (including phenoxy) is 3. The van der Waals surface area contributed by atoms with Crippen molar-refractivity contribution in [3.05, 3.63) is 54.2 Å². The van der Waals surface area contributed by atoms with Gasteiger partial charge in [0.05, 0.1) is 0 Å². The van der Waals surface area contributed by atoms with Crippen molar-refractivity contribution in [2.24, 2.45) is 4.99 Å². The predicted octanol–water partition coefficient (Wildman–Crippen LogP) is 2.17. The Labute approximate surface area is 185 Å². The van der Waals surface area contributed by atoms with Crippen LogP contribution in [0.15, 0.2) is 53.7 Å². The minimum absolute atomic E-state index is 0.440. The number of pyridine rings is 1. The van der Waals surface area contributed by atoms with Crippen molar-refractivity contribution < 1.29 is 14.2 Å². The highest BCUT2D eigenvalue weighted by Crippen LogP contribution is 2.09. The third kappa shape index (κ3) is 10.7. The van der Waals surface area contributed by atoms with Gasteiger partial charge in [-0.1, -0.05) is 24.3 Å². The summed E-state index contributed by atoms with van der Waals surface area (Å²) in [6.45, 7) is 5.11. The van der Waals surface area contributed by atoms with Crippen LogP contribution in [0.25, 0.3) is 0 Å². The van der Waals surface area contributed by atoms with Gasteiger partial charge in [0, 0.05) is 59.2 Å². The van der Waals surface area contributed by atoms with Gasteiger partial charge in [-0.15, -0.1) is 0 Å². The normalized spacial score (nSPS) is 11.4. The Hall–Kier alpha value is -2.84. The van der Waals surface area contributed by atoms with Crippen LogP contribution in [0.1, 0.15) is 12.0 Å². The number of hydrogen-bond donors (Lipinski definition) is 2. The Morgan fingerprint density at radius 2 is 1.81 bits per heavy atom. The summed E-state index contributed by atoms with van der Waals surface area (Å²) >= 11 is 0. The Bertz CT molecular complexity index is 741. The molecule has 0 amide bonds. The molecule has 0 spiro atoms. The molecule has 0 aliphatic rings. The molecule has 0 radical (unpaired) electrons. The Balaban J connectivity index is 1.61. The van der Waals surface area contributed by atoms with Gasteiger partial charge in [0.1, 0.15) is 19.0 Å². The van der Waals surface area contributed by atoms with Gasteiger partial charge < -0.3 is 29.7 Å². The lowest BCUT2D eigenvalue weighted by Gasteiger charge is -2.18. The van der Waals surface area contributed by atoms with Crippen LogP contribution in [-0.2, 0) is 11.3 Å². The number of methoxy groups -OCH3 is 1. The summed E-state index contributed by atoms with van der Waals surface area (Å²) in [7, 11) is 5.61. The third-order valence-corrected chi connectivity index (χ3v) is 4.50. The number of nitrogens with zero attached hydrogens (tertiary/aromatic N) is 3. The number of aromatic nitrogens is 1. The molecule has 1 aromatic carbocycles. The summed E-state index contributed by atoms with van der Waals surface area (Å²) in [5.41, 5.74) is 1.05. The topological polar surface area (TPSA) is 80.2 Å². The molecule has 2 rings (SSSR count). The Kier molecular flexibility index (Phi) is 11.8. The second-order valence-electron chi connectivity index (χ2n) is 7.02. The fourth-order valence-corrected chi connectivity index (χ4v) is 2.79. The maximum Gasteiger partial charge on any atom is 0.213 e. The van der Waals surface area contributed by atoms with Crippen LogP contribution in [0.2, 0.25) is 0 Å². The van der Waals surface area contributed by atoms with Crippen LogP contribution in [0.3, 0.4) is 0 Å². The fourth-order valence-electron chi connectivity index (χ4n) is 2.79. The molecular weight excluding hydrogens is 394 g/mol. The molecule has 0 atom stereocenters. The number of guanidine groups is 1. The van der Waals surface area contributed by atoms with E-state index in [1.807, 2.05) is 42.5 Å². The summed E-state index contributed by atoms with van der Waals surface area (Å²) < 4.78 is 16.3. The van der Waals surface area contributed by atoms with Crippen molar-refractivity contribution in [1.29, 1.82) is 0 Å². The first-order chi connectivity index (χ1) is 15.2. The van der Waals surface area contributed by atoms with Crippen LogP contribution in [-0.4, -0.2) is 76.5 Å². The number of rotatable bonds is 14. The Morgan fingerprint density at radius 1 is 1.00 bits per heavy atom. The molecule has 170 valence electrons. The van der Waals surface area contributed by atoms with Crippen LogP contribution >= 0.6 is 0 Å². The zero-order valence-electron chi connectivity index (χ0n) is 18.8. The molecule has 0 fully saturated rings. The van der Waals surface area contributed by atoms with E-state index >= 15 is 0 Å². The molecule has 8 nitrogen and oxygen atoms in total. The summed E-state index contributed by atoms with van der Waals surface area (Å²) in [4.78, 5) is 10.9. The van der Waals surface area contributed by atoms with E-state index in [1.54, 1.807) is 20.4 Å². The first-order valence-electron chi connectivity index (χ1n) is 10.6. The molecule has 2 aromatic rings. The van der Waals surface area contributed by atoms with Crippen molar-refractivity contribution in [2.75, 3.05) is 60.7 Å². The lowest BCUT2D eigenvalue weighted by Crippen LogP contribution is -2.40.